The van der Waals surface area contributed by atoms with E-state index in [4.69, 9.17) is 14.2 Å². The summed E-state index contributed by atoms with van der Waals surface area (Å²) >= 11 is 0. The zero-order valence-electron chi connectivity index (χ0n) is 18.1. The van der Waals surface area contributed by atoms with Gasteiger partial charge in [-0.2, -0.15) is 0 Å². The van der Waals surface area contributed by atoms with Crippen molar-refractivity contribution in [1.82, 2.24) is 9.80 Å². The summed E-state index contributed by atoms with van der Waals surface area (Å²) in [7, 11) is 7.29. The smallest absolute Gasteiger partial charge is 0.203 e. The van der Waals surface area contributed by atoms with Gasteiger partial charge in [-0.3, -0.25) is 9.80 Å². The van der Waals surface area contributed by atoms with Crippen molar-refractivity contribution in [3.63, 3.8) is 0 Å². The predicted molar refractivity (Wildman–Crippen MR) is 115 cm³/mol. The molecule has 156 valence electrons. The number of likely N-dealkylation sites (tertiary alicyclic amines) is 2. The molecule has 2 aliphatic heterocycles. The second-order valence-electron chi connectivity index (χ2n) is 8.35. The number of aryl methyl sites for hydroxylation is 1. The number of benzene rings is 2. The molecule has 4 rings (SSSR count). The maximum Gasteiger partial charge on any atom is 0.203 e. The van der Waals surface area contributed by atoms with Crippen LogP contribution in [0.1, 0.15) is 22.7 Å². The van der Waals surface area contributed by atoms with Crippen molar-refractivity contribution >= 4 is 0 Å². The highest BCUT2D eigenvalue weighted by molar-refractivity contribution is 5.55. The first-order valence-corrected chi connectivity index (χ1v) is 10.3. The molecule has 0 aliphatic carbocycles. The van der Waals surface area contributed by atoms with Gasteiger partial charge in [-0.15, -0.1) is 0 Å². The summed E-state index contributed by atoms with van der Waals surface area (Å²) in [6.45, 7) is 6.47. The lowest BCUT2D eigenvalue weighted by atomic mass is 9.88. The summed E-state index contributed by atoms with van der Waals surface area (Å²) in [5.74, 6) is 3.51. The molecule has 2 aromatic carbocycles. The molecule has 2 fully saturated rings. The fraction of sp³-hybridized carbons (Fsp3) is 0.500. The standard InChI is InChI=1S/C24H32N2O3/c1-16-8-6-7-9-19(16)22-20-15-26(14-18(20)12-25(22)2)13-17-10-11-21(27-3)24(29-5)23(17)28-4/h6-11,18,20,22H,12-15H2,1-5H3/t18-,20+,22-/m0/s1. The molecule has 0 spiro atoms. The van der Waals surface area contributed by atoms with E-state index >= 15 is 0 Å². The van der Waals surface area contributed by atoms with E-state index in [1.165, 1.54) is 11.1 Å². The van der Waals surface area contributed by atoms with Crippen LogP contribution in [0.4, 0.5) is 0 Å². The quantitative estimate of drug-likeness (QED) is 0.743. The Morgan fingerprint density at radius 1 is 0.897 bits per heavy atom. The number of methoxy groups -OCH3 is 3. The Hall–Kier alpha value is -2.24. The Morgan fingerprint density at radius 3 is 2.34 bits per heavy atom. The van der Waals surface area contributed by atoms with Crippen molar-refractivity contribution in [3.05, 3.63) is 53.1 Å². The molecule has 29 heavy (non-hydrogen) atoms. The van der Waals surface area contributed by atoms with Crippen molar-refractivity contribution < 1.29 is 14.2 Å². The Labute approximate surface area is 174 Å². The summed E-state index contributed by atoms with van der Waals surface area (Å²) in [5, 5.41) is 0. The van der Waals surface area contributed by atoms with Crippen LogP contribution in [-0.2, 0) is 6.54 Å². The molecule has 0 bridgehead atoms. The monoisotopic (exact) mass is 396 g/mol. The number of ether oxygens (including phenoxy) is 3. The SMILES string of the molecule is COc1ccc(CN2C[C@@H]3CN(C)[C@@H](c4ccccc4C)[C@@H]3C2)c(OC)c1OC. The van der Waals surface area contributed by atoms with Crippen molar-refractivity contribution in [1.29, 1.82) is 0 Å². The molecule has 2 aliphatic rings. The van der Waals surface area contributed by atoms with Crippen LogP contribution in [0, 0.1) is 18.8 Å². The molecule has 2 heterocycles. The maximum atomic E-state index is 5.70. The predicted octanol–water partition coefficient (Wildman–Crippen LogP) is 3.76. The lowest BCUT2D eigenvalue weighted by Gasteiger charge is -2.28. The Bertz CT molecular complexity index is 869. The first kappa shape index (κ1) is 20.0. The largest absolute Gasteiger partial charge is 0.493 e. The molecule has 5 heteroatoms. The summed E-state index contributed by atoms with van der Waals surface area (Å²) < 4.78 is 16.7. The third-order valence-corrected chi connectivity index (χ3v) is 6.66. The van der Waals surface area contributed by atoms with E-state index in [1.54, 1.807) is 21.3 Å². The van der Waals surface area contributed by atoms with Gasteiger partial charge in [0, 0.05) is 37.8 Å². The van der Waals surface area contributed by atoms with Crippen LogP contribution in [0.3, 0.4) is 0 Å². The van der Waals surface area contributed by atoms with E-state index in [1.807, 2.05) is 6.07 Å². The minimum atomic E-state index is 0.499. The number of fused-ring (bicyclic) bond motifs is 1. The highest BCUT2D eigenvalue weighted by Crippen LogP contribution is 2.46. The number of nitrogens with zero attached hydrogens (tertiary/aromatic N) is 2. The molecule has 0 N–H and O–H groups in total. The van der Waals surface area contributed by atoms with Gasteiger partial charge in [0.15, 0.2) is 11.5 Å². The summed E-state index contributed by atoms with van der Waals surface area (Å²) in [4.78, 5) is 5.11. The fourth-order valence-electron chi connectivity index (χ4n) is 5.39. The lowest BCUT2D eigenvalue weighted by molar-refractivity contribution is 0.222. The van der Waals surface area contributed by atoms with E-state index in [-0.39, 0.29) is 0 Å². The van der Waals surface area contributed by atoms with Crippen molar-refractivity contribution in [2.75, 3.05) is 48.0 Å². The fourth-order valence-corrected chi connectivity index (χ4v) is 5.39. The van der Waals surface area contributed by atoms with Gasteiger partial charge < -0.3 is 14.2 Å². The molecular formula is C24H32N2O3. The molecule has 0 aromatic heterocycles. The molecule has 5 nitrogen and oxygen atoms in total. The highest BCUT2D eigenvalue weighted by Gasteiger charge is 2.46. The van der Waals surface area contributed by atoms with Gasteiger partial charge in [0.25, 0.3) is 0 Å². The normalized spacial score (nSPS) is 24.5. The Kier molecular flexibility index (Phi) is 5.70. The average Bonchev–Trinajstić information content (AvgIpc) is 3.23. The van der Waals surface area contributed by atoms with Gasteiger partial charge in [-0.1, -0.05) is 30.3 Å². The zero-order valence-corrected chi connectivity index (χ0v) is 18.1. The van der Waals surface area contributed by atoms with Crippen LogP contribution in [-0.4, -0.2) is 57.8 Å². The third-order valence-electron chi connectivity index (χ3n) is 6.66. The highest BCUT2D eigenvalue weighted by atomic mass is 16.5. The van der Waals surface area contributed by atoms with Crippen LogP contribution in [0.5, 0.6) is 17.2 Å². The van der Waals surface area contributed by atoms with Crippen LogP contribution in [0.15, 0.2) is 36.4 Å². The molecule has 2 saturated heterocycles. The third kappa shape index (κ3) is 3.58. The minimum Gasteiger partial charge on any atom is -0.493 e. The summed E-state index contributed by atoms with van der Waals surface area (Å²) in [6, 6.07) is 13.4. The molecular weight excluding hydrogens is 364 g/mol. The van der Waals surface area contributed by atoms with Gasteiger partial charge in [0.1, 0.15) is 0 Å². The first-order chi connectivity index (χ1) is 14.1. The lowest BCUT2D eigenvalue weighted by Crippen LogP contribution is -2.29. The van der Waals surface area contributed by atoms with Gasteiger partial charge in [-0.25, -0.2) is 0 Å². The Balaban J connectivity index is 1.55. The molecule has 0 saturated carbocycles. The molecule has 3 atom stereocenters. The summed E-state index contributed by atoms with van der Waals surface area (Å²) in [6.07, 6.45) is 0. The Morgan fingerprint density at radius 2 is 1.66 bits per heavy atom. The van der Waals surface area contributed by atoms with Crippen molar-refractivity contribution in [2.24, 2.45) is 11.8 Å². The van der Waals surface area contributed by atoms with Crippen LogP contribution >= 0.6 is 0 Å². The number of rotatable bonds is 6. The van der Waals surface area contributed by atoms with Gasteiger partial charge in [-0.05, 0) is 43.0 Å². The zero-order chi connectivity index (χ0) is 20.5. The van der Waals surface area contributed by atoms with Crippen LogP contribution < -0.4 is 14.2 Å². The first-order valence-electron chi connectivity index (χ1n) is 10.3. The second kappa shape index (κ2) is 8.25. The van der Waals surface area contributed by atoms with Crippen LogP contribution in [0.2, 0.25) is 0 Å². The molecule has 0 unspecified atom stereocenters. The van der Waals surface area contributed by atoms with Crippen LogP contribution in [0.25, 0.3) is 0 Å². The van der Waals surface area contributed by atoms with E-state index in [0.717, 1.165) is 37.5 Å². The maximum absolute atomic E-state index is 5.70. The number of hydrogen-bond donors (Lipinski definition) is 0. The minimum absolute atomic E-state index is 0.499. The molecule has 0 radical (unpaired) electrons. The number of hydrogen-bond acceptors (Lipinski definition) is 5. The van der Waals surface area contributed by atoms with E-state index in [2.05, 4.69) is 54.1 Å². The topological polar surface area (TPSA) is 34.2 Å². The second-order valence-corrected chi connectivity index (χ2v) is 8.35. The van der Waals surface area contributed by atoms with E-state index < -0.39 is 0 Å². The van der Waals surface area contributed by atoms with Crippen molar-refractivity contribution in [3.8, 4) is 17.2 Å². The molecule has 2 aromatic rings. The molecule has 0 amide bonds. The van der Waals surface area contributed by atoms with Crippen molar-refractivity contribution in [2.45, 2.75) is 19.5 Å². The van der Waals surface area contributed by atoms with Gasteiger partial charge in [0.2, 0.25) is 5.75 Å². The van der Waals surface area contributed by atoms with E-state index in [9.17, 15) is 0 Å². The van der Waals surface area contributed by atoms with Gasteiger partial charge in [0.05, 0.1) is 21.3 Å². The van der Waals surface area contributed by atoms with E-state index in [0.29, 0.717) is 29.4 Å². The summed E-state index contributed by atoms with van der Waals surface area (Å²) in [5.41, 5.74) is 4.02. The van der Waals surface area contributed by atoms with Gasteiger partial charge >= 0.3 is 0 Å². The average molecular weight is 397 g/mol.